The minimum atomic E-state index is -0.437. The van der Waals surface area contributed by atoms with Gasteiger partial charge in [-0.15, -0.1) is 0 Å². The van der Waals surface area contributed by atoms with E-state index >= 15 is 0 Å². The minimum absolute atomic E-state index is 0.353. The molecular weight excluding hydrogens is 231 g/mol. The van der Waals surface area contributed by atoms with E-state index in [2.05, 4.69) is 9.97 Å². The van der Waals surface area contributed by atoms with Crippen molar-refractivity contribution in [2.45, 2.75) is 0 Å². The van der Waals surface area contributed by atoms with E-state index in [-0.39, 0.29) is 5.82 Å². The summed E-state index contributed by atoms with van der Waals surface area (Å²) in [6.07, 6.45) is 0. The Kier molecular flexibility index (Phi) is 2.41. The SMILES string of the molecule is O=c1nc(-c2ccccc2)c2cc(F)ccc2[nH]1. The van der Waals surface area contributed by atoms with Crippen LogP contribution in [0.25, 0.3) is 22.2 Å². The van der Waals surface area contributed by atoms with Gasteiger partial charge in [0.2, 0.25) is 0 Å². The highest BCUT2D eigenvalue weighted by Crippen LogP contribution is 2.24. The van der Waals surface area contributed by atoms with Crippen molar-refractivity contribution in [1.29, 1.82) is 0 Å². The summed E-state index contributed by atoms with van der Waals surface area (Å²) >= 11 is 0. The summed E-state index contributed by atoms with van der Waals surface area (Å²) in [7, 11) is 0. The lowest BCUT2D eigenvalue weighted by atomic mass is 10.1. The Morgan fingerprint density at radius 3 is 2.61 bits per heavy atom. The van der Waals surface area contributed by atoms with Gasteiger partial charge >= 0.3 is 5.69 Å². The van der Waals surface area contributed by atoms with Gasteiger partial charge in [0.25, 0.3) is 0 Å². The summed E-state index contributed by atoms with van der Waals surface area (Å²) in [4.78, 5) is 18.0. The first-order valence-corrected chi connectivity index (χ1v) is 5.49. The van der Waals surface area contributed by atoms with E-state index in [4.69, 9.17) is 0 Å². The van der Waals surface area contributed by atoms with Crippen LogP contribution in [0.4, 0.5) is 4.39 Å². The standard InChI is InChI=1S/C14H9FN2O/c15-10-6-7-12-11(8-10)13(17-14(18)16-12)9-4-2-1-3-5-9/h1-8H,(H,16,17,18). The number of benzene rings is 2. The predicted molar refractivity (Wildman–Crippen MR) is 67.8 cm³/mol. The Bertz CT molecular complexity index is 766. The Labute approximate surface area is 102 Å². The molecule has 1 N–H and O–H groups in total. The minimum Gasteiger partial charge on any atom is -0.305 e. The van der Waals surface area contributed by atoms with Crippen molar-refractivity contribution >= 4 is 10.9 Å². The molecule has 0 radical (unpaired) electrons. The lowest BCUT2D eigenvalue weighted by Crippen LogP contribution is -2.11. The number of aromatic amines is 1. The van der Waals surface area contributed by atoms with E-state index in [1.807, 2.05) is 30.3 Å². The van der Waals surface area contributed by atoms with Crippen LogP contribution < -0.4 is 5.69 Å². The van der Waals surface area contributed by atoms with Crippen molar-refractivity contribution in [1.82, 2.24) is 9.97 Å². The van der Waals surface area contributed by atoms with Gasteiger partial charge in [0.15, 0.2) is 0 Å². The first kappa shape index (κ1) is 10.7. The zero-order chi connectivity index (χ0) is 12.5. The number of rotatable bonds is 1. The molecular formula is C14H9FN2O. The molecule has 1 aromatic heterocycles. The van der Waals surface area contributed by atoms with Gasteiger partial charge in [0.1, 0.15) is 5.82 Å². The Morgan fingerprint density at radius 1 is 1.06 bits per heavy atom. The van der Waals surface area contributed by atoms with Crippen molar-refractivity contribution < 1.29 is 4.39 Å². The Balaban J connectivity index is 2.41. The lowest BCUT2D eigenvalue weighted by Gasteiger charge is -2.05. The first-order valence-electron chi connectivity index (χ1n) is 5.49. The van der Waals surface area contributed by atoms with E-state index in [0.29, 0.717) is 16.6 Å². The third-order valence-electron chi connectivity index (χ3n) is 2.74. The fourth-order valence-electron chi connectivity index (χ4n) is 1.94. The first-order chi connectivity index (χ1) is 8.74. The van der Waals surface area contributed by atoms with Crippen LogP contribution in [0.5, 0.6) is 0 Å². The fourth-order valence-corrected chi connectivity index (χ4v) is 1.94. The monoisotopic (exact) mass is 240 g/mol. The maximum atomic E-state index is 13.3. The number of nitrogens with one attached hydrogen (secondary N) is 1. The highest BCUT2D eigenvalue weighted by atomic mass is 19.1. The molecule has 1 heterocycles. The number of hydrogen-bond acceptors (Lipinski definition) is 2. The van der Waals surface area contributed by atoms with Crippen molar-refractivity contribution in [3.05, 3.63) is 64.8 Å². The van der Waals surface area contributed by atoms with Gasteiger partial charge in [-0.1, -0.05) is 30.3 Å². The van der Waals surface area contributed by atoms with Gasteiger partial charge in [-0.3, -0.25) is 0 Å². The highest BCUT2D eigenvalue weighted by molar-refractivity contribution is 5.91. The average Bonchev–Trinajstić information content (AvgIpc) is 2.39. The topological polar surface area (TPSA) is 45.8 Å². The summed E-state index contributed by atoms with van der Waals surface area (Å²) in [6.45, 7) is 0. The number of H-pyrrole nitrogens is 1. The number of nitrogens with zero attached hydrogens (tertiary/aromatic N) is 1. The number of fused-ring (bicyclic) bond motifs is 1. The van der Waals surface area contributed by atoms with Gasteiger partial charge in [0.05, 0.1) is 11.2 Å². The average molecular weight is 240 g/mol. The summed E-state index contributed by atoms with van der Waals surface area (Å²) in [6, 6.07) is 13.5. The molecule has 0 atom stereocenters. The zero-order valence-corrected chi connectivity index (χ0v) is 9.35. The summed E-state index contributed by atoms with van der Waals surface area (Å²) < 4.78 is 13.3. The molecule has 0 aliphatic heterocycles. The smallest absolute Gasteiger partial charge is 0.305 e. The lowest BCUT2D eigenvalue weighted by molar-refractivity contribution is 0.629. The molecule has 4 heteroatoms. The van der Waals surface area contributed by atoms with Crippen molar-refractivity contribution in [2.24, 2.45) is 0 Å². The second kappa shape index (κ2) is 4.07. The molecule has 88 valence electrons. The van der Waals surface area contributed by atoms with Crippen LogP contribution in [0.3, 0.4) is 0 Å². The second-order valence-electron chi connectivity index (χ2n) is 3.95. The van der Waals surface area contributed by atoms with Gasteiger partial charge in [-0.2, -0.15) is 4.98 Å². The normalized spacial score (nSPS) is 10.7. The second-order valence-corrected chi connectivity index (χ2v) is 3.95. The van der Waals surface area contributed by atoms with Crippen LogP contribution in [-0.4, -0.2) is 9.97 Å². The Hall–Kier alpha value is -2.49. The van der Waals surface area contributed by atoms with E-state index in [1.54, 1.807) is 6.07 Å². The van der Waals surface area contributed by atoms with Crippen molar-refractivity contribution in [3.63, 3.8) is 0 Å². The molecule has 3 rings (SSSR count). The molecule has 0 spiro atoms. The summed E-state index contributed by atoms with van der Waals surface area (Å²) in [5.74, 6) is -0.353. The van der Waals surface area contributed by atoms with Crippen LogP contribution in [0, 0.1) is 5.82 Å². The maximum Gasteiger partial charge on any atom is 0.345 e. The quantitative estimate of drug-likeness (QED) is 0.710. The van der Waals surface area contributed by atoms with E-state index in [1.165, 1.54) is 12.1 Å². The van der Waals surface area contributed by atoms with Crippen LogP contribution in [0.1, 0.15) is 0 Å². The van der Waals surface area contributed by atoms with Gasteiger partial charge in [-0.05, 0) is 18.2 Å². The third-order valence-corrected chi connectivity index (χ3v) is 2.74. The molecule has 0 unspecified atom stereocenters. The van der Waals surface area contributed by atoms with Crippen molar-refractivity contribution in [3.8, 4) is 11.3 Å². The molecule has 0 bridgehead atoms. The fraction of sp³-hybridized carbons (Fsp3) is 0. The molecule has 0 fully saturated rings. The number of hydrogen-bond donors (Lipinski definition) is 1. The molecule has 0 aliphatic carbocycles. The molecule has 2 aromatic carbocycles. The number of halogens is 1. The van der Waals surface area contributed by atoms with Crippen LogP contribution in [-0.2, 0) is 0 Å². The highest BCUT2D eigenvalue weighted by Gasteiger charge is 2.08. The van der Waals surface area contributed by atoms with Crippen LogP contribution >= 0.6 is 0 Å². The maximum absolute atomic E-state index is 13.3. The zero-order valence-electron chi connectivity index (χ0n) is 9.35. The van der Waals surface area contributed by atoms with Crippen molar-refractivity contribution in [2.75, 3.05) is 0 Å². The van der Waals surface area contributed by atoms with Gasteiger partial charge < -0.3 is 4.98 Å². The molecule has 0 saturated carbocycles. The largest absolute Gasteiger partial charge is 0.345 e. The molecule has 0 aliphatic rings. The molecule has 0 saturated heterocycles. The number of aromatic nitrogens is 2. The predicted octanol–water partition coefficient (Wildman–Crippen LogP) is 2.73. The molecule has 3 aromatic rings. The molecule has 3 nitrogen and oxygen atoms in total. The summed E-state index contributed by atoms with van der Waals surface area (Å²) in [5.41, 5.74) is 1.43. The van der Waals surface area contributed by atoms with Gasteiger partial charge in [0, 0.05) is 10.9 Å². The van der Waals surface area contributed by atoms with E-state index < -0.39 is 5.69 Å². The van der Waals surface area contributed by atoms with Crippen LogP contribution in [0.15, 0.2) is 53.3 Å². The Morgan fingerprint density at radius 2 is 1.83 bits per heavy atom. The summed E-state index contributed by atoms with van der Waals surface area (Å²) in [5, 5.41) is 0.598. The van der Waals surface area contributed by atoms with Crippen LogP contribution in [0.2, 0.25) is 0 Å². The van der Waals surface area contributed by atoms with Gasteiger partial charge in [-0.25, -0.2) is 9.18 Å². The molecule has 18 heavy (non-hydrogen) atoms. The third kappa shape index (κ3) is 1.78. The van der Waals surface area contributed by atoms with E-state index in [9.17, 15) is 9.18 Å². The van der Waals surface area contributed by atoms with E-state index in [0.717, 1.165) is 5.56 Å². The molecule has 0 amide bonds.